The van der Waals surface area contributed by atoms with Crippen molar-refractivity contribution in [3.63, 3.8) is 0 Å². The number of phenolic OH excluding ortho intramolecular Hbond substituents is 1. The predicted molar refractivity (Wildman–Crippen MR) is 105 cm³/mol. The standard InChI is InChI=1S/C21H20ClFN2O/c1-25(2)19(21-17(22)8-5-9-18(21)23)13-24-12-16-15-7-4-3-6-14(15)10-11-20(16)26/h3-12,19,26H,13H2,1-2H3/p+1/t19-/m0/s1. The third kappa shape index (κ3) is 3.71. The molecule has 134 valence electrons. The number of aliphatic imine (C=N–C) groups is 1. The number of phenols is 1. The summed E-state index contributed by atoms with van der Waals surface area (Å²) in [7, 11) is 3.89. The minimum absolute atomic E-state index is 0.171. The second kappa shape index (κ2) is 7.85. The van der Waals surface area contributed by atoms with Crippen molar-refractivity contribution in [3.05, 3.63) is 76.6 Å². The van der Waals surface area contributed by atoms with Gasteiger partial charge in [0.2, 0.25) is 0 Å². The van der Waals surface area contributed by atoms with Crippen LogP contribution in [-0.2, 0) is 0 Å². The van der Waals surface area contributed by atoms with Crippen LogP contribution < -0.4 is 4.90 Å². The summed E-state index contributed by atoms with van der Waals surface area (Å²) >= 11 is 6.22. The molecule has 0 unspecified atom stereocenters. The van der Waals surface area contributed by atoms with Gasteiger partial charge >= 0.3 is 0 Å². The molecule has 0 amide bonds. The third-order valence-corrected chi connectivity index (χ3v) is 4.83. The summed E-state index contributed by atoms with van der Waals surface area (Å²) in [6.45, 7) is 0.353. The highest BCUT2D eigenvalue weighted by Gasteiger charge is 2.24. The van der Waals surface area contributed by atoms with Crippen LogP contribution in [0, 0.1) is 5.82 Å². The molecule has 3 rings (SSSR count). The molecule has 3 aromatic carbocycles. The zero-order chi connectivity index (χ0) is 18.7. The summed E-state index contributed by atoms with van der Waals surface area (Å²) in [4.78, 5) is 5.53. The number of benzene rings is 3. The van der Waals surface area contributed by atoms with E-state index in [1.165, 1.54) is 6.07 Å². The van der Waals surface area contributed by atoms with E-state index < -0.39 is 0 Å². The van der Waals surface area contributed by atoms with Crippen LogP contribution in [0.1, 0.15) is 17.2 Å². The minimum atomic E-state index is -0.327. The van der Waals surface area contributed by atoms with Gasteiger partial charge in [0.25, 0.3) is 0 Å². The van der Waals surface area contributed by atoms with Crippen molar-refractivity contribution in [1.82, 2.24) is 0 Å². The zero-order valence-corrected chi connectivity index (χ0v) is 15.5. The molecule has 0 saturated heterocycles. The first-order chi connectivity index (χ1) is 12.5. The zero-order valence-electron chi connectivity index (χ0n) is 14.7. The van der Waals surface area contributed by atoms with E-state index in [4.69, 9.17) is 11.6 Å². The van der Waals surface area contributed by atoms with Crippen molar-refractivity contribution in [3.8, 4) is 5.75 Å². The van der Waals surface area contributed by atoms with Crippen LogP contribution in [-0.4, -0.2) is 32.0 Å². The van der Waals surface area contributed by atoms with Crippen molar-refractivity contribution < 1.29 is 14.4 Å². The van der Waals surface area contributed by atoms with E-state index >= 15 is 0 Å². The number of rotatable bonds is 5. The number of quaternary nitrogens is 1. The van der Waals surface area contributed by atoms with Gasteiger partial charge in [-0.05, 0) is 29.0 Å². The fraction of sp³-hybridized carbons (Fsp3) is 0.190. The van der Waals surface area contributed by atoms with Gasteiger partial charge in [0, 0.05) is 11.8 Å². The molecular formula is C21H21ClFN2O+. The molecule has 0 aliphatic heterocycles. The smallest absolute Gasteiger partial charge is 0.137 e. The van der Waals surface area contributed by atoms with Crippen molar-refractivity contribution in [2.45, 2.75) is 6.04 Å². The Balaban J connectivity index is 1.93. The van der Waals surface area contributed by atoms with Crippen LogP contribution >= 0.6 is 11.6 Å². The lowest BCUT2D eigenvalue weighted by molar-refractivity contribution is -0.890. The molecule has 0 heterocycles. The Morgan fingerprint density at radius 3 is 2.62 bits per heavy atom. The molecule has 0 aliphatic rings. The molecule has 1 atom stereocenters. The van der Waals surface area contributed by atoms with Crippen molar-refractivity contribution in [1.29, 1.82) is 0 Å². The van der Waals surface area contributed by atoms with E-state index in [1.807, 2.05) is 44.4 Å². The van der Waals surface area contributed by atoms with Crippen LogP contribution in [0.2, 0.25) is 5.02 Å². The van der Waals surface area contributed by atoms with Crippen molar-refractivity contribution >= 4 is 28.6 Å². The van der Waals surface area contributed by atoms with Gasteiger partial charge in [0.1, 0.15) is 17.6 Å². The topological polar surface area (TPSA) is 37.0 Å². The van der Waals surface area contributed by atoms with E-state index in [1.54, 1.807) is 24.4 Å². The lowest BCUT2D eigenvalue weighted by Crippen LogP contribution is -3.06. The maximum absolute atomic E-state index is 14.3. The monoisotopic (exact) mass is 371 g/mol. The van der Waals surface area contributed by atoms with Gasteiger partial charge in [-0.15, -0.1) is 0 Å². The lowest BCUT2D eigenvalue weighted by Gasteiger charge is -2.21. The Bertz CT molecular complexity index is 936. The number of nitrogens with one attached hydrogen (secondary N) is 1. The summed E-state index contributed by atoms with van der Waals surface area (Å²) in [6.07, 6.45) is 1.66. The van der Waals surface area contributed by atoms with Gasteiger partial charge in [0.05, 0.1) is 31.2 Å². The number of fused-ring (bicyclic) bond motifs is 1. The quantitative estimate of drug-likeness (QED) is 0.660. The molecule has 0 aromatic heterocycles. The highest BCUT2D eigenvalue weighted by Crippen LogP contribution is 2.27. The second-order valence-electron chi connectivity index (χ2n) is 6.48. The Kier molecular flexibility index (Phi) is 5.55. The SMILES string of the molecule is C[NH+](C)[C@@H](CN=Cc1c(O)ccc2ccccc12)c1c(F)cccc1Cl. The normalized spacial score (nSPS) is 13.0. The van der Waals surface area contributed by atoms with E-state index in [2.05, 4.69) is 4.99 Å². The summed E-state index contributed by atoms with van der Waals surface area (Å²) < 4.78 is 14.3. The van der Waals surface area contributed by atoms with Crippen LogP contribution in [0.4, 0.5) is 4.39 Å². The number of halogens is 2. The van der Waals surface area contributed by atoms with Gasteiger partial charge in [0.15, 0.2) is 0 Å². The van der Waals surface area contributed by atoms with Gasteiger partial charge in [-0.25, -0.2) is 4.39 Å². The third-order valence-electron chi connectivity index (χ3n) is 4.50. The highest BCUT2D eigenvalue weighted by molar-refractivity contribution is 6.31. The summed E-state index contributed by atoms with van der Waals surface area (Å²) in [5, 5.41) is 12.6. The molecule has 0 saturated carbocycles. The Morgan fingerprint density at radius 2 is 1.88 bits per heavy atom. The molecule has 0 aliphatic carbocycles. The molecule has 0 radical (unpaired) electrons. The molecule has 0 fully saturated rings. The summed E-state index contributed by atoms with van der Waals surface area (Å²) in [5.41, 5.74) is 1.13. The molecule has 3 nitrogen and oxygen atoms in total. The van der Waals surface area contributed by atoms with Crippen LogP contribution in [0.3, 0.4) is 0 Å². The van der Waals surface area contributed by atoms with E-state index in [0.717, 1.165) is 15.7 Å². The van der Waals surface area contributed by atoms with E-state index in [-0.39, 0.29) is 17.6 Å². The Labute approximate surface area is 157 Å². The fourth-order valence-electron chi connectivity index (χ4n) is 3.08. The van der Waals surface area contributed by atoms with Crippen LogP contribution in [0.15, 0.2) is 59.6 Å². The Hall–Kier alpha value is -2.43. The molecule has 26 heavy (non-hydrogen) atoms. The number of hydrogen-bond acceptors (Lipinski definition) is 2. The maximum atomic E-state index is 14.3. The summed E-state index contributed by atoms with van der Waals surface area (Å²) in [6, 6.07) is 15.8. The van der Waals surface area contributed by atoms with Crippen molar-refractivity contribution in [2.75, 3.05) is 20.6 Å². The van der Waals surface area contributed by atoms with Gasteiger partial charge in [-0.2, -0.15) is 0 Å². The first-order valence-electron chi connectivity index (χ1n) is 8.43. The lowest BCUT2D eigenvalue weighted by atomic mass is 10.0. The predicted octanol–water partition coefficient (Wildman–Crippen LogP) is 3.64. The molecular weight excluding hydrogens is 351 g/mol. The van der Waals surface area contributed by atoms with Gasteiger partial charge in [-0.3, -0.25) is 4.99 Å². The number of aromatic hydroxyl groups is 1. The number of nitrogens with zero attached hydrogens (tertiary/aromatic N) is 1. The maximum Gasteiger partial charge on any atom is 0.137 e. The molecule has 2 N–H and O–H groups in total. The first kappa shape index (κ1) is 18.4. The van der Waals surface area contributed by atoms with E-state index in [9.17, 15) is 9.50 Å². The highest BCUT2D eigenvalue weighted by atomic mass is 35.5. The van der Waals surface area contributed by atoms with E-state index in [0.29, 0.717) is 22.7 Å². The van der Waals surface area contributed by atoms with Crippen LogP contribution in [0.25, 0.3) is 10.8 Å². The average molecular weight is 372 g/mol. The second-order valence-corrected chi connectivity index (χ2v) is 6.89. The minimum Gasteiger partial charge on any atom is -0.507 e. The van der Waals surface area contributed by atoms with Gasteiger partial charge < -0.3 is 10.0 Å². The molecule has 0 spiro atoms. The largest absolute Gasteiger partial charge is 0.507 e. The Morgan fingerprint density at radius 1 is 1.12 bits per heavy atom. The number of hydrogen-bond donors (Lipinski definition) is 2. The first-order valence-corrected chi connectivity index (χ1v) is 8.81. The van der Waals surface area contributed by atoms with Crippen LogP contribution in [0.5, 0.6) is 5.75 Å². The average Bonchev–Trinajstić information content (AvgIpc) is 2.61. The number of likely N-dealkylation sites (N-methyl/N-ethyl adjacent to an activating group) is 1. The molecule has 3 aromatic rings. The summed E-state index contributed by atoms with van der Waals surface area (Å²) in [5.74, 6) is -0.156. The van der Waals surface area contributed by atoms with Crippen molar-refractivity contribution in [2.24, 2.45) is 4.99 Å². The molecule has 5 heteroatoms. The molecule has 0 bridgehead atoms. The fourth-order valence-corrected chi connectivity index (χ4v) is 3.37. The van der Waals surface area contributed by atoms with Gasteiger partial charge in [-0.1, -0.05) is 48.0 Å².